The van der Waals surface area contributed by atoms with Crippen molar-refractivity contribution in [1.82, 2.24) is 25.9 Å². The van der Waals surface area contributed by atoms with E-state index in [9.17, 15) is 14.4 Å². The van der Waals surface area contributed by atoms with E-state index in [4.69, 9.17) is 4.42 Å². The fourth-order valence-corrected chi connectivity index (χ4v) is 3.10. The zero-order valence-electron chi connectivity index (χ0n) is 17.5. The maximum absolute atomic E-state index is 12.9. The molecule has 0 unspecified atom stereocenters. The second kappa shape index (κ2) is 10.1. The van der Waals surface area contributed by atoms with Gasteiger partial charge in [0.25, 0.3) is 11.8 Å². The fourth-order valence-electron chi connectivity index (χ4n) is 3.10. The lowest BCUT2D eigenvalue weighted by Crippen LogP contribution is -2.42. The summed E-state index contributed by atoms with van der Waals surface area (Å²) in [5.74, 6) is -1.30. The van der Waals surface area contributed by atoms with Gasteiger partial charge in [0, 0.05) is 24.7 Å². The molecule has 2 aromatic carbocycles. The maximum atomic E-state index is 12.9. The number of carbonyl (C=O) groups is 3. The second-order valence-electron chi connectivity index (χ2n) is 7.06. The highest BCUT2D eigenvalue weighted by atomic mass is 16.3. The number of nitrogens with zero attached hydrogens (tertiary/aromatic N) is 2. The van der Waals surface area contributed by atoms with Gasteiger partial charge >= 0.3 is 0 Å². The van der Waals surface area contributed by atoms with E-state index in [1.807, 2.05) is 60.7 Å². The summed E-state index contributed by atoms with van der Waals surface area (Å²) >= 11 is 0. The molecule has 3 N–H and O–H groups in total. The molecule has 9 nitrogen and oxygen atoms in total. The van der Waals surface area contributed by atoms with Gasteiger partial charge in [0.15, 0.2) is 0 Å². The molecule has 3 amide bonds. The molecule has 0 aliphatic carbocycles. The largest absolute Gasteiger partial charge is 0.472 e. The Labute approximate surface area is 189 Å². The Bertz CT molecular complexity index is 1230. The summed E-state index contributed by atoms with van der Waals surface area (Å²) in [4.78, 5) is 36.8. The first-order valence-electron chi connectivity index (χ1n) is 10.2. The minimum absolute atomic E-state index is 0.0152. The number of benzene rings is 2. The van der Waals surface area contributed by atoms with Gasteiger partial charge in [-0.1, -0.05) is 48.5 Å². The van der Waals surface area contributed by atoms with Crippen molar-refractivity contribution in [2.75, 3.05) is 6.54 Å². The lowest BCUT2D eigenvalue weighted by molar-refractivity contribution is -0.121. The van der Waals surface area contributed by atoms with Crippen LogP contribution in [0.2, 0.25) is 0 Å². The van der Waals surface area contributed by atoms with Crippen molar-refractivity contribution >= 4 is 17.7 Å². The number of hydrogen-bond donors (Lipinski definition) is 3. The van der Waals surface area contributed by atoms with Crippen LogP contribution in [0.3, 0.4) is 0 Å². The number of amides is 3. The zero-order chi connectivity index (χ0) is 23.0. The van der Waals surface area contributed by atoms with Crippen LogP contribution in [0, 0.1) is 0 Å². The van der Waals surface area contributed by atoms with Gasteiger partial charge in [0.1, 0.15) is 12.0 Å². The Balaban J connectivity index is 1.40. The highest BCUT2D eigenvalue weighted by Gasteiger charge is 2.19. The Morgan fingerprint density at radius 1 is 0.879 bits per heavy atom. The molecule has 0 aliphatic heterocycles. The molecule has 0 saturated heterocycles. The Morgan fingerprint density at radius 3 is 2.30 bits per heavy atom. The van der Waals surface area contributed by atoms with E-state index < -0.39 is 11.8 Å². The van der Waals surface area contributed by atoms with Crippen LogP contribution in [0.5, 0.6) is 0 Å². The topological polar surface area (TPSA) is 118 Å². The maximum Gasteiger partial charge on any atom is 0.273 e. The lowest BCUT2D eigenvalue weighted by Gasteiger charge is -2.08. The van der Waals surface area contributed by atoms with Crippen LogP contribution in [0.25, 0.3) is 16.9 Å². The SMILES string of the molecule is O=C(CCNC(=O)c1ccoc1)NNC(=O)c1cn(-c2ccccc2)nc1-c1ccccc1. The van der Waals surface area contributed by atoms with Crippen LogP contribution < -0.4 is 16.2 Å². The first-order valence-corrected chi connectivity index (χ1v) is 10.2. The van der Waals surface area contributed by atoms with Gasteiger partial charge < -0.3 is 9.73 Å². The standard InChI is InChI=1S/C24H21N5O4/c30-21(11-13-25-23(31)18-12-14-33-16-18)26-27-24(32)20-15-29(19-9-5-2-6-10-19)28-22(20)17-7-3-1-4-8-17/h1-10,12,14-16H,11,13H2,(H,25,31)(H,26,30)(H,27,32). The number of para-hydroxylation sites is 1. The number of nitrogens with one attached hydrogen (secondary N) is 3. The summed E-state index contributed by atoms with van der Waals surface area (Å²) in [6, 6.07) is 20.2. The molecule has 2 heterocycles. The Kier molecular flexibility index (Phi) is 6.60. The summed E-state index contributed by atoms with van der Waals surface area (Å²) in [7, 11) is 0. The number of rotatable bonds is 7. The van der Waals surface area contributed by atoms with Crippen LogP contribution in [0.15, 0.2) is 89.9 Å². The lowest BCUT2D eigenvalue weighted by atomic mass is 10.1. The van der Waals surface area contributed by atoms with Crippen molar-refractivity contribution in [3.05, 3.63) is 96.6 Å². The van der Waals surface area contributed by atoms with Crippen LogP contribution in [-0.4, -0.2) is 34.0 Å². The Hall–Kier alpha value is -4.66. The highest BCUT2D eigenvalue weighted by molar-refractivity contribution is 6.00. The number of hydrazine groups is 1. The predicted octanol–water partition coefficient (Wildman–Crippen LogP) is 2.71. The van der Waals surface area contributed by atoms with Crippen molar-refractivity contribution in [3.8, 4) is 16.9 Å². The molecule has 2 aromatic heterocycles. The zero-order valence-corrected chi connectivity index (χ0v) is 17.5. The van der Waals surface area contributed by atoms with Crippen molar-refractivity contribution in [1.29, 1.82) is 0 Å². The number of hydrogen-bond acceptors (Lipinski definition) is 5. The molecule has 0 radical (unpaired) electrons. The van der Waals surface area contributed by atoms with Gasteiger partial charge in [-0.2, -0.15) is 5.10 Å². The molecule has 9 heteroatoms. The molecule has 0 bridgehead atoms. The first kappa shape index (κ1) is 21.6. The normalized spacial score (nSPS) is 10.4. The summed E-state index contributed by atoms with van der Waals surface area (Å²) in [6.45, 7) is 0.104. The Morgan fingerprint density at radius 2 is 1.61 bits per heavy atom. The van der Waals surface area contributed by atoms with Crippen LogP contribution in [0.1, 0.15) is 27.1 Å². The van der Waals surface area contributed by atoms with Crippen LogP contribution >= 0.6 is 0 Å². The third kappa shape index (κ3) is 5.34. The summed E-state index contributed by atoms with van der Waals surface area (Å²) in [6.07, 6.45) is 4.30. The van der Waals surface area contributed by atoms with E-state index in [2.05, 4.69) is 21.3 Å². The van der Waals surface area contributed by atoms with E-state index in [-0.39, 0.29) is 18.9 Å². The van der Waals surface area contributed by atoms with Gasteiger partial charge in [-0.15, -0.1) is 0 Å². The monoisotopic (exact) mass is 443 g/mol. The summed E-state index contributed by atoms with van der Waals surface area (Å²) in [5, 5.41) is 7.18. The minimum Gasteiger partial charge on any atom is -0.472 e. The van der Waals surface area contributed by atoms with Crippen molar-refractivity contribution in [2.24, 2.45) is 0 Å². The van der Waals surface area contributed by atoms with Crippen molar-refractivity contribution in [3.63, 3.8) is 0 Å². The second-order valence-corrected chi connectivity index (χ2v) is 7.06. The molecule has 33 heavy (non-hydrogen) atoms. The third-order valence-electron chi connectivity index (χ3n) is 4.76. The van der Waals surface area contributed by atoms with Crippen molar-refractivity contribution in [2.45, 2.75) is 6.42 Å². The van der Waals surface area contributed by atoms with Gasteiger partial charge in [0.05, 0.1) is 23.1 Å². The van der Waals surface area contributed by atoms with E-state index in [0.29, 0.717) is 16.8 Å². The van der Waals surface area contributed by atoms with Crippen LogP contribution in [0.4, 0.5) is 0 Å². The van der Waals surface area contributed by atoms with Crippen molar-refractivity contribution < 1.29 is 18.8 Å². The molecule has 0 saturated carbocycles. The van der Waals surface area contributed by atoms with Crippen LogP contribution in [-0.2, 0) is 4.79 Å². The highest BCUT2D eigenvalue weighted by Crippen LogP contribution is 2.23. The predicted molar refractivity (Wildman–Crippen MR) is 120 cm³/mol. The summed E-state index contributed by atoms with van der Waals surface area (Å²) < 4.78 is 6.46. The van der Waals surface area contributed by atoms with E-state index in [1.165, 1.54) is 18.6 Å². The third-order valence-corrected chi connectivity index (χ3v) is 4.76. The first-order chi connectivity index (χ1) is 16.1. The van der Waals surface area contributed by atoms with Gasteiger partial charge in [-0.25, -0.2) is 4.68 Å². The summed E-state index contributed by atoms with van der Waals surface area (Å²) in [5.41, 5.74) is 7.52. The molecular formula is C24H21N5O4. The molecule has 0 atom stereocenters. The average molecular weight is 443 g/mol. The molecular weight excluding hydrogens is 422 g/mol. The molecule has 0 aliphatic rings. The van der Waals surface area contributed by atoms with Gasteiger partial charge in [-0.05, 0) is 18.2 Å². The number of aromatic nitrogens is 2. The smallest absolute Gasteiger partial charge is 0.273 e. The molecule has 4 rings (SSSR count). The minimum atomic E-state index is -0.508. The average Bonchev–Trinajstić information content (AvgIpc) is 3.54. The van der Waals surface area contributed by atoms with Gasteiger partial charge in [0.2, 0.25) is 5.91 Å². The van der Waals surface area contributed by atoms with E-state index in [1.54, 1.807) is 10.9 Å². The quantitative estimate of drug-likeness (QED) is 0.380. The molecule has 0 spiro atoms. The molecule has 166 valence electrons. The van der Waals surface area contributed by atoms with Gasteiger partial charge in [-0.3, -0.25) is 25.2 Å². The number of furan rings is 1. The fraction of sp³-hybridized carbons (Fsp3) is 0.0833. The van der Waals surface area contributed by atoms with E-state index >= 15 is 0 Å². The molecule has 4 aromatic rings. The number of carbonyl (C=O) groups excluding carboxylic acids is 3. The van der Waals surface area contributed by atoms with E-state index in [0.717, 1.165) is 11.3 Å². The molecule has 0 fully saturated rings.